The Morgan fingerprint density at radius 3 is 3.00 bits per heavy atom. The Morgan fingerprint density at radius 1 is 1.42 bits per heavy atom. The van der Waals surface area contributed by atoms with Gasteiger partial charge < -0.3 is 19.1 Å². The number of aromatic nitrogens is 2. The normalized spacial score (nSPS) is 19.5. The van der Waals surface area contributed by atoms with E-state index >= 15 is 0 Å². The van der Waals surface area contributed by atoms with Gasteiger partial charge in [-0.2, -0.15) is 4.98 Å². The van der Waals surface area contributed by atoms with Crippen LogP contribution in [0.5, 0.6) is 6.01 Å². The van der Waals surface area contributed by atoms with Gasteiger partial charge in [0.05, 0.1) is 26.4 Å². The van der Waals surface area contributed by atoms with E-state index in [-0.39, 0.29) is 6.04 Å². The van der Waals surface area contributed by atoms with Crippen LogP contribution in [0.1, 0.15) is 12.1 Å². The zero-order valence-electron chi connectivity index (χ0n) is 11.8. The lowest BCUT2D eigenvalue weighted by molar-refractivity contribution is 0.0793. The topological polar surface area (TPSA) is 56.7 Å². The van der Waals surface area contributed by atoms with Crippen molar-refractivity contribution < 1.29 is 14.2 Å². The SMILES string of the molecule is COCCC1COCCN1c1cc(C)nc(OC)n1. The van der Waals surface area contributed by atoms with Crippen molar-refractivity contribution in [2.75, 3.05) is 45.5 Å². The summed E-state index contributed by atoms with van der Waals surface area (Å²) in [6.07, 6.45) is 0.919. The maximum atomic E-state index is 5.55. The van der Waals surface area contributed by atoms with Crippen molar-refractivity contribution in [3.05, 3.63) is 11.8 Å². The molecule has 1 aromatic rings. The van der Waals surface area contributed by atoms with E-state index in [0.29, 0.717) is 19.2 Å². The van der Waals surface area contributed by atoms with Crippen molar-refractivity contribution in [1.29, 1.82) is 0 Å². The van der Waals surface area contributed by atoms with E-state index < -0.39 is 0 Å². The third-order valence-electron chi connectivity index (χ3n) is 3.18. The van der Waals surface area contributed by atoms with Gasteiger partial charge in [0.25, 0.3) is 0 Å². The van der Waals surface area contributed by atoms with E-state index in [0.717, 1.165) is 31.1 Å². The van der Waals surface area contributed by atoms with Gasteiger partial charge in [-0.25, -0.2) is 4.98 Å². The smallest absolute Gasteiger partial charge is 0.318 e. The summed E-state index contributed by atoms with van der Waals surface area (Å²) in [6, 6.07) is 2.67. The summed E-state index contributed by atoms with van der Waals surface area (Å²) in [7, 11) is 3.30. The number of hydrogen-bond donors (Lipinski definition) is 0. The standard InChI is InChI=1S/C13H21N3O3/c1-10-8-12(15-13(14-10)18-3)16-5-7-19-9-11(16)4-6-17-2/h8,11H,4-7,9H2,1-3H3. The molecule has 0 N–H and O–H groups in total. The lowest BCUT2D eigenvalue weighted by Crippen LogP contribution is -2.46. The maximum Gasteiger partial charge on any atom is 0.318 e. The molecule has 0 aromatic carbocycles. The summed E-state index contributed by atoms with van der Waals surface area (Å²) in [5.74, 6) is 0.897. The molecule has 1 unspecified atom stereocenters. The number of aryl methyl sites for hydroxylation is 1. The van der Waals surface area contributed by atoms with Gasteiger partial charge in [0.2, 0.25) is 0 Å². The first-order valence-electron chi connectivity index (χ1n) is 6.47. The molecule has 1 fully saturated rings. The van der Waals surface area contributed by atoms with Gasteiger partial charge in [-0.1, -0.05) is 0 Å². The minimum absolute atomic E-state index is 0.285. The van der Waals surface area contributed by atoms with Crippen molar-refractivity contribution >= 4 is 5.82 Å². The van der Waals surface area contributed by atoms with Crippen LogP contribution in [0.4, 0.5) is 5.82 Å². The van der Waals surface area contributed by atoms with Crippen LogP contribution in [0.15, 0.2) is 6.07 Å². The second-order valence-corrected chi connectivity index (χ2v) is 4.56. The molecule has 0 saturated carbocycles. The quantitative estimate of drug-likeness (QED) is 0.794. The summed E-state index contributed by atoms with van der Waals surface area (Å²) >= 11 is 0. The van der Waals surface area contributed by atoms with Crippen molar-refractivity contribution in [1.82, 2.24) is 9.97 Å². The van der Waals surface area contributed by atoms with Crippen LogP contribution in [-0.4, -0.2) is 56.6 Å². The molecular weight excluding hydrogens is 246 g/mol. The molecule has 0 radical (unpaired) electrons. The fourth-order valence-electron chi connectivity index (χ4n) is 2.21. The highest BCUT2D eigenvalue weighted by Crippen LogP contribution is 2.22. The van der Waals surface area contributed by atoms with Crippen LogP contribution in [-0.2, 0) is 9.47 Å². The highest BCUT2D eigenvalue weighted by atomic mass is 16.5. The third kappa shape index (κ3) is 3.54. The second-order valence-electron chi connectivity index (χ2n) is 4.56. The summed E-state index contributed by atoms with van der Waals surface area (Å²) in [5, 5.41) is 0. The molecular formula is C13H21N3O3. The van der Waals surface area contributed by atoms with Crippen LogP contribution in [0.25, 0.3) is 0 Å². The molecule has 0 spiro atoms. The predicted octanol–water partition coefficient (Wildman–Crippen LogP) is 1.04. The predicted molar refractivity (Wildman–Crippen MR) is 71.8 cm³/mol. The number of morpholine rings is 1. The van der Waals surface area contributed by atoms with Gasteiger partial charge in [0, 0.05) is 32.0 Å². The van der Waals surface area contributed by atoms with E-state index in [1.807, 2.05) is 13.0 Å². The van der Waals surface area contributed by atoms with Gasteiger partial charge in [-0.15, -0.1) is 0 Å². The molecule has 106 valence electrons. The molecule has 1 aliphatic heterocycles. The van der Waals surface area contributed by atoms with Crippen LogP contribution >= 0.6 is 0 Å². The average Bonchev–Trinajstić information content (AvgIpc) is 2.44. The number of methoxy groups -OCH3 is 2. The molecule has 1 aliphatic rings. The van der Waals surface area contributed by atoms with Crippen molar-refractivity contribution in [3.8, 4) is 6.01 Å². The van der Waals surface area contributed by atoms with E-state index in [1.54, 1.807) is 14.2 Å². The van der Waals surface area contributed by atoms with Crippen LogP contribution in [0, 0.1) is 6.92 Å². The molecule has 2 heterocycles. The Balaban J connectivity index is 2.18. The highest BCUT2D eigenvalue weighted by molar-refractivity contribution is 5.42. The summed E-state index contributed by atoms with van der Waals surface area (Å²) in [5.41, 5.74) is 0.902. The van der Waals surface area contributed by atoms with Crippen molar-refractivity contribution in [2.24, 2.45) is 0 Å². The molecule has 0 amide bonds. The Bertz CT molecular complexity index is 414. The van der Waals surface area contributed by atoms with Crippen molar-refractivity contribution in [3.63, 3.8) is 0 Å². The van der Waals surface area contributed by atoms with Gasteiger partial charge in [0.1, 0.15) is 5.82 Å². The molecule has 6 nitrogen and oxygen atoms in total. The zero-order valence-corrected chi connectivity index (χ0v) is 11.8. The summed E-state index contributed by atoms with van der Waals surface area (Å²) in [6.45, 7) is 4.90. The monoisotopic (exact) mass is 267 g/mol. The first kappa shape index (κ1) is 14.0. The molecule has 6 heteroatoms. The Kier molecular flexibility index (Phi) is 4.93. The van der Waals surface area contributed by atoms with E-state index in [4.69, 9.17) is 14.2 Å². The van der Waals surface area contributed by atoms with E-state index in [1.165, 1.54) is 0 Å². The first-order chi connectivity index (χ1) is 9.24. The van der Waals surface area contributed by atoms with Crippen molar-refractivity contribution in [2.45, 2.75) is 19.4 Å². The molecule has 1 atom stereocenters. The maximum absolute atomic E-state index is 5.55. The van der Waals surface area contributed by atoms with Gasteiger partial charge in [-0.3, -0.25) is 0 Å². The molecule has 0 aliphatic carbocycles. The highest BCUT2D eigenvalue weighted by Gasteiger charge is 2.24. The zero-order chi connectivity index (χ0) is 13.7. The number of nitrogens with zero attached hydrogens (tertiary/aromatic N) is 3. The second kappa shape index (κ2) is 6.68. The minimum Gasteiger partial charge on any atom is -0.467 e. The molecule has 1 saturated heterocycles. The molecule has 19 heavy (non-hydrogen) atoms. The van der Waals surface area contributed by atoms with E-state index in [9.17, 15) is 0 Å². The van der Waals surface area contributed by atoms with Gasteiger partial charge in [0.15, 0.2) is 0 Å². The van der Waals surface area contributed by atoms with E-state index in [2.05, 4.69) is 14.9 Å². The third-order valence-corrected chi connectivity index (χ3v) is 3.18. The van der Waals surface area contributed by atoms with Gasteiger partial charge in [-0.05, 0) is 13.3 Å². The Hall–Kier alpha value is -1.40. The van der Waals surface area contributed by atoms with Crippen LogP contribution < -0.4 is 9.64 Å². The molecule has 2 rings (SSSR count). The lowest BCUT2D eigenvalue weighted by Gasteiger charge is -2.36. The van der Waals surface area contributed by atoms with Crippen LogP contribution in [0.3, 0.4) is 0 Å². The fraction of sp³-hybridized carbons (Fsp3) is 0.692. The molecule has 0 bridgehead atoms. The average molecular weight is 267 g/mol. The largest absolute Gasteiger partial charge is 0.467 e. The fourth-order valence-corrected chi connectivity index (χ4v) is 2.21. The summed E-state index contributed by atoms with van der Waals surface area (Å²) in [4.78, 5) is 10.9. The van der Waals surface area contributed by atoms with Crippen LogP contribution in [0.2, 0.25) is 0 Å². The number of hydrogen-bond acceptors (Lipinski definition) is 6. The minimum atomic E-state index is 0.285. The number of ether oxygens (including phenoxy) is 3. The molecule has 1 aromatic heterocycles. The first-order valence-corrected chi connectivity index (χ1v) is 6.47. The lowest BCUT2D eigenvalue weighted by atomic mass is 10.1. The Morgan fingerprint density at radius 2 is 2.26 bits per heavy atom. The Labute approximate surface area is 113 Å². The summed E-state index contributed by atoms with van der Waals surface area (Å²) < 4.78 is 15.8. The number of anilines is 1. The number of rotatable bonds is 5. The van der Waals surface area contributed by atoms with Gasteiger partial charge >= 0.3 is 6.01 Å².